The van der Waals surface area contributed by atoms with Gasteiger partial charge in [0.15, 0.2) is 0 Å². The van der Waals surface area contributed by atoms with Gasteiger partial charge in [-0.25, -0.2) is 0 Å². The largest absolute Gasteiger partial charge is 0.317 e. The fraction of sp³-hybridized carbons (Fsp3) is 0.250. The standard InChI is InChI=1S/C20H16BrN3O3S/c21-12-7-14-18-16(8-12)28-10-13(24(18)20(27)19(26)22-14)9-17(25)23-6-5-11-3-1-2-4-15(11)23/h1-4,7-8,13H,5-6,9-10H2,(H,22,26). The average molecular weight is 458 g/mol. The van der Waals surface area contributed by atoms with Crippen molar-refractivity contribution in [2.45, 2.75) is 23.8 Å². The number of nitrogens with one attached hydrogen (secondary N) is 1. The third-order valence-electron chi connectivity index (χ3n) is 5.34. The van der Waals surface area contributed by atoms with Crippen LogP contribution in [-0.4, -0.2) is 27.8 Å². The lowest BCUT2D eigenvalue weighted by molar-refractivity contribution is -0.119. The van der Waals surface area contributed by atoms with Gasteiger partial charge < -0.3 is 9.88 Å². The van der Waals surface area contributed by atoms with Gasteiger partial charge >= 0.3 is 11.1 Å². The van der Waals surface area contributed by atoms with Crippen molar-refractivity contribution in [3.63, 3.8) is 0 Å². The molecule has 3 aromatic rings. The predicted octanol–water partition coefficient (Wildman–Crippen LogP) is 3.08. The highest BCUT2D eigenvalue weighted by atomic mass is 79.9. The van der Waals surface area contributed by atoms with E-state index in [2.05, 4.69) is 20.9 Å². The fourth-order valence-corrected chi connectivity index (χ4v) is 5.89. The lowest BCUT2D eigenvalue weighted by atomic mass is 10.1. The Hall–Kier alpha value is -2.32. The Labute approximate surface area is 172 Å². The molecule has 1 N–H and O–H groups in total. The topological polar surface area (TPSA) is 75.2 Å². The number of carbonyl (C=O) groups is 1. The van der Waals surface area contributed by atoms with Gasteiger partial charge in [-0.15, -0.1) is 11.8 Å². The van der Waals surface area contributed by atoms with Gasteiger partial charge in [0.25, 0.3) is 0 Å². The van der Waals surface area contributed by atoms with Gasteiger partial charge in [0.1, 0.15) is 0 Å². The van der Waals surface area contributed by atoms with Crippen molar-refractivity contribution in [3.05, 3.63) is 67.1 Å². The van der Waals surface area contributed by atoms with Crippen LogP contribution >= 0.6 is 27.7 Å². The Morgan fingerprint density at radius 3 is 2.93 bits per heavy atom. The highest BCUT2D eigenvalue weighted by Gasteiger charge is 2.31. The Morgan fingerprint density at radius 1 is 1.25 bits per heavy atom. The second-order valence-corrected chi connectivity index (χ2v) is 9.00. The summed E-state index contributed by atoms with van der Waals surface area (Å²) in [5.74, 6) is 0.555. The zero-order chi connectivity index (χ0) is 19.4. The van der Waals surface area contributed by atoms with Gasteiger partial charge in [0.2, 0.25) is 5.91 Å². The first-order valence-electron chi connectivity index (χ1n) is 9.02. The second kappa shape index (κ2) is 6.63. The van der Waals surface area contributed by atoms with E-state index in [1.165, 1.54) is 10.1 Å². The molecular weight excluding hydrogens is 442 g/mol. The van der Waals surface area contributed by atoms with E-state index in [0.29, 0.717) is 23.3 Å². The maximum Gasteiger partial charge on any atom is 0.317 e. The fourth-order valence-electron chi connectivity index (χ4n) is 4.08. The van der Waals surface area contributed by atoms with E-state index < -0.39 is 11.1 Å². The molecule has 6 nitrogen and oxygen atoms in total. The molecule has 3 heterocycles. The molecular formula is C20H16BrN3O3S. The van der Waals surface area contributed by atoms with Crippen molar-refractivity contribution in [2.75, 3.05) is 17.2 Å². The molecule has 1 aromatic heterocycles. The summed E-state index contributed by atoms with van der Waals surface area (Å²) in [7, 11) is 0. The van der Waals surface area contributed by atoms with Crippen LogP contribution < -0.4 is 16.0 Å². The molecule has 2 aromatic carbocycles. The van der Waals surface area contributed by atoms with E-state index in [4.69, 9.17) is 0 Å². The number of thioether (sulfide) groups is 1. The minimum atomic E-state index is -0.660. The Kier molecular flexibility index (Phi) is 4.21. The number of H-pyrrole nitrogens is 1. The minimum absolute atomic E-state index is 0.0172. The third kappa shape index (κ3) is 2.74. The molecule has 0 aliphatic carbocycles. The first-order chi connectivity index (χ1) is 13.5. The molecule has 0 saturated carbocycles. The monoisotopic (exact) mass is 457 g/mol. The summed E-state index contributed by atoms with van der Waals surface area (Å²) in [6.07, 6.45) is 1.03. The first-order valence-corrected chi connectivity index (χ1v) is 10.8. The number of hydrogen-bond acceptors (Lipinski definition) is 4. The summed E-state index contributed by atoms with van der Waals surface area (Å²) >= 11 is 5.05. The Balaban J connectivity index is 1.55. The first kappa shape index (κ1) is 17.8. The lowest BCUT2D eigenvalue weighted by Gasteiger charge is -2.28. The van der Waals surface area contributed by atoms with Gasteiger partial charge in [-0.2, -0.15) is 0 Å². The number of aromatic amines is 1. The highest BCUT2D eigenvalue weighted by molar-refractivity contribution is 9.10. The molecule has 142 valence electrons. The number of fused-ring (bicyclic) bond motifs is 1. The number of carbonyl (C=O) groups excluding carboxylic acids is 1. The summed E-state index contributed by atoms with van der Waals surface area (Å²) in [5.41, 5.74) is 2.15. The summed E-state index contributed by atoms with van der Waals surface area (Å²) in [6, 6.07) is 11.3. The minimum Gasteiger partial charge on any atom is -0.316 e. The Morgan fingerprint density at radius 2 is 2.07 bits per heavy atom. The third-order valence-corrected chi connectivity index (χ3v) is 6.97. The number of hydrogen-bond donors (Lipinski definition) is 1. The van der Waals surface area contributed by atoms with Crippen molar-refractivity contribution < 1.29 is 4.79 Å². The van der Waals surface area contributed by atoms with Crippen LogP contribution in [0, 0.1) is 0 Å². The van der Waals surface area contributed by atoms with Gasteiger partial charge in [-0.1, -0.05) is 34.1 Å². The van der Waals surface area contributed by atoms with E-state index in [-0.39, 0.29) is 18.4 Å². The number of para-hydroxylation sites is 1. The number of aromatic nitrogens is 2. The van der Waals surface area contributed by atoms with Crippen molar-refractivity contribution in [2.24, 2.45) is 0 Å². The quantitative estimate of drug-likeness (QED) is 0.599. The van der Waals surface area contributed by atoms with Gasteiger partial charge in [0.05, 0.1) is 17.1 Å². The molecule has 2 aliphatic heterocycles. The van der Waals surface area contributed by atoms with Gasteiger partial charge in [0, 0.05) is 33.8 Å². The summed E-state index contributed by atoms with van der Waals surface area (Å²) in [4.78, 5) is 43.3. The van der Waals surface area contributed by atoms with E-state index >= 15 is 0 Å². The van der Waals surface area contributed by atoms with Crippen molar-refractivity contribution in [1.82, 2.24) is 9.55 Å². The predicted molar refractivity (Wildman–Crippen MR) is 113 cm³/mol. The zero-order valence-electron chi connectivity index (χ0n) is 14.8. The van der Waals surface area contributed by atoms with Crippen molar-refractivity contribution in [1.29, 1.82) is 0 Å². The van der Waals surface area contributed by atoms with Gasteiger partial charge in [-0.3, -0.25) is 19.0 Å². The number of benzene rings is 2. The van der Waals surface area contributed by atoms with Crippen molar-refractivity contribution >= 4 is 50.3 Å². The maximum atomic E-state index is 13.1. The molecule has 0 fully saturated rings. The lowest BCUT2D eigenvalue weighted by Crippen LogP contribution is -2.42. The van der Waals surface area contributed by atoms with Crippen LogP contribution in [-0.2, 0) is 11.2 Å². The van der Waals surface area contributed by atoms with E-state index in [1.807, 2.05) is 30.3 Å². The van der Waals surface area contributed by atoms with E-state index in [0.717, 1.165) is 21.5 Å². The Bertz CT molecular complexity index is 1250. The number of halogens is 1. The molecule has 2 aliphatic rings. The van der Waals surface area contributed by atoms with Crippen LogP contribution in [0.2, 0.25) is 0 Å². The van der Waals surface area contributed by atoms with Crippen LogP contribution in [0.1, 0.15) is 18.0 Å². The van der Waals surface area contributed by atoms with Crippen LogP contribution in [0.3, 0.4) is 0 Å². The molecule has 0 bridgehead atoms. The molecule has 0 spiro atoms. The number of rotatable bonds is 2. The summed E-state index contributed by atoms with van der Waals surface area (Å²) in [5, 5.41) is 0. The SMILES string of the molecule is O=C(CC1CSc2cc(Br)cc3[nH]c(=O)c(=O)n1c23)N1CCc2ccccc21. The molecule has 1 unspecified atom stereocenters. The van der Waals surface area contributed by atoms with Crippen LogP contribution in [0.15, 0.2) is 55.4 Å². The zero-order valence-corrected chi connectivity index (χ0v) is 17.2. The van der Waals surface area contributed by atoms with E-state index in [9.17, 15) is 14.4 Å². The summed E-state index contributed by atoms with van der Waals surface area (Å²) < 4.78 is 2.36. The van der Waals surface area contributed by atoms with Crippen LogP contribution in [0.5, 0.6) is 0 Å². The highest BCUT2D eigenvalue weighted by Crippen LogP contribution is 2.38. The molecule has 0 saturated heterocycles. The molecule has 1 amide bonds. The number of nitrogens with zero attached hydrogens (tertiary/aromatic N) is 2. The smallest absolute Gasteiger partial charge is 0.316 e. The normalized spacial score (nSPS) is 17.8. The molecule has 0 radical (unpaired) electrons. The molecule has 1 atom stereocenters. The number of anilines is 1. The van der Waals surface area contributed by atoms with Crippen LogP contribution in [0.4, 0.5) is 5.69 Å². The van der Waals surface area contributed by atoms with E-state index in [1.54, 1.807) is 22.7 Å². The molecule has 8 heteroatoms. The average Bonchev–Trinajstić information content (AvgIpc) is 3.11. The van der Waals surface area contributed by atoms with Crippen LogP contribution in [0.25, 0.3) is 11.0 Å². The number of amides is 1. The van der Waals surface area contributed by atoms with Crippen molar-refractivity contribution in [3.8, 4) is 0 Å². The summed E-state index contributed by atoms with van der Waals surface area (Å²) in [6.45, 7) is 0.654. The molecule has 5 rings (SSSR count). The van der Waals surface area contributed by atoms with Gasteiger partial charge in [-0.05, 0) is 30.2 Å². The maximum absolute atomic E-state index is 13.1. The second-order valence-electron chi connectivity index (χ2n) is 7.02. The molecule has 28 heavy (non-hydrogen) atoms.